The Morgan fingerprint density at radius 2 is 2.07 bits per heavy atom. The Bertz CT molecular complexity index is 1180. The van der Waals surface area contributed by atoms with E-state index in [1.165, 1.54) is 4.57 Å². The lowest BCUT2D eigenvalue weighted by atomic mass is 10.2. The molecule has 3 rings (SSSR count). The van der Waals surface area contributed by atoms with Gasteiger partial charge in [0.25, 0.3) is 5.56 Å². The van der Waals surface area contributed by atoms with Gasteiger partial charge >= 0.3 is 5.69 Å². The molecule has 0 bridgehead atoms. The number of imidazole rings is 1. The number of aromatic nitrogens is 4. The highest BCUT2D eigenvalue weighted by Gasteiger charge is 2.16. The van der Waals surface area contributed by atoms with Gasteiger partial charge in [-0.1, -0.05) is 42.5 Å². The third-order valence-electron chi connectivity index (χ3n) is 3.99. The van der Waals surface area contributed by atoms with Gasteiger partial charge in [-0.25, -0.2) is 10.2 Å². The molecule has 2 N–H and O–H groups in total. The zero-order valence-corrected chi connectivity index (χ0v) is 17.0. The van der Waals surface area contributed by atoms with Crippen LogP contribution in [0.2, 0.25) is 0 Å². The lowest BCUT2D eigenvalue weighted by Gasteiger charge is -2.04. The van der Waals surface area contributed by atoms with E-state index in [-0.39, 0.29) is 5.65 Å². The first-order chi connectivity index (χ1) is 13.5. The second-order valence-corrected chi connectivity index (χ2v) is 6.83. The van der Waals surface area contributed by atoms with E-state index in [1.54, 1.807) is 17.8 Å². The summed E-state index contributed by atoms with van der Waals surface area (Å²) < 4.78 is 3.72. The van der Waals surface area contributed by atoms with Gasteiger partial charge in [0.2, 0.25) is 5.95 Å². The molecule has 0 aliphatic rings. The topological polar surface area (TPSA) is 97.1 Å². The normalized spacial score (nSPS) is 12.5. The fourth-order valence-electron chi connectivity index (χ4n) is 2.61. The zero-order chi connectivity index (χ0) is 20.1. The lowest BCUT2D eigenvalue weighted by Crippen LogP contribution is -2.29. The molecule has 0 fully saturated rings. The first-order valence-corrected chi connectivity index (χ1v) is 9.32. The highest BCUT2D eigenvalue weighted by Crippen LogP contribution is 2.16. The van der Waals surface area contributed by atoms with Gasteiger partial charge in [0.1, 0.15) is 0 Å². The average molecular weight is 443 g/mol. The number of anilines is 1. The summed E-state index contributed by atoms with van der Waals surface area (Å²) in [6, 6.07) is 9.81. The number of aryl methyl sites for hydroxylation is 1. The van der Waals surface area contributed by atoms with Crippen molar-refractivity contribution in [3.63, 3.8) is 0 Å². The highest BCUT2D eigenvalue weighted by atomic mass is 79.9. The van der Waals surface area contributed by atoms with Gasteiger partial charge < -0.3 is 0 Å². The van der Waals surface area contributed by atoms with Crippen molar-refractivity contribution in [2.75, 3.05) is 5.43 Å². The third-order valence-corrected chi connectivity index (χ3v) is 4.42. The number of hydrogen-bond donors (Lipinski definition) is 2. The second-order valence-electron chi connectivity index (χ2n) is 5.92. The maximum Gasteiger partial charge on any atom is 0.329 e. The van der Waals surface area contributed by atoms with Crippen LogP contribution in [0.3, 0.4) is 0 Å². The van der Waals surface area contributed by atoms with Crippen LogP contribution in [0.25, 0.3) is 17.2 Å². The minimum absolute atomic E-state index is 0.287. The van der Waals surface area contributed by atoms with Crippen molar-refractivity contribution < 1.29 is 0 Å². The molecule has 3 aromatic rings. The van der Waals surface area contributed by atoms with Crippen molar-refractivity contribution in [3.8, 4) is 0 Å². The molecule has 2 heterocycles. The molecule has 0 amide bonds. The van der Waals surface area contributed by atoms with Crippen LogP contribution in [0, 0.1) is 0 Å². The number of hydrogen-bond acceptors (Lipinski definition) is 5. The van der Waals surface area contributed by atoms with Gasteiger partial charge in [0.05, 0.1) is 6.21 Å². The lowest BCUT2D eigenvalue weighted by molar-refractivity contribution is 0.818. The summed E-state index contributed by atoms with van der Waals surface area (Å²) in [5.41, 5.74) is 3.46. The Balaban J connectivity index is 1.95. The molecule has 0 saturated carbocycles. The Hall–Kier alpha value is -3.20. The van der Waals surface area contributed by atoms with Crippen LogP contribution in [-0.4, -0.2) is 25.3 Å². The molecule has 8 nitrogen and oxygen atoms in total. The SMILES string of the molecule is C/C=C/Cn1c(N/N=C\C(Br)=C/c2ccccc2)nc2c1c(=O)[nH]c(=O)n2C. The quantitative estimate of drug-likeness (QED) is 0.348. The van der Waals surface area contributed by atoms with Gasteiger partial charge in [-0.15, -0.1) is 0 Å². The number of allylic oxidation sites excluding steroid dienone is 3. The largest absolute Gasteiger partial charge is 0.329 e. The van der Waals surface area contributed by atoms with Gasteiger partial charge in [0, 0.05) is 18.1 Å². The minimum atomic E-state index is -0.517. The summed E-state index contributed by atoms with van der Waals surface area (Å²) in [6.45, 7) is 2.29. The van der Waals surface area contributed by atoms with E-state index >= 15 is 0 Å². The molecule has 0 aliphatic carbocycles. The minimum Gasteiger partial charge on any atom is -0.299 e. The van der Waals surface area contributed by atoms with Crippen LogP contribution in [0.1, 0.15) is 12.5 Å². The number of nitrogens with one attached hydrogen (secondary N) is 2. The molecule has 0 unspecified atom stereocenters. The predicted octanol–water partition coefficient (Wildman–Crippen LogP) is 2.83. The van der Waals surface area contributed by atoms with Gasteiger partial charge in [-0.3, -0.25) is 18.9 Å². The van der Waals surface area contributed by atoms with E-state index in [4.69, 9.17) is 0 Å². The first-order valence-electron chi connectivity index (χ1n) is 8.53. The molecule has 0 radical (unpaired) electrons. The summed E-state index contributed by atoms with van der Waals surface area (Å²) in [5, 5.41) is 4.19. The van der Waals surface area contributed by atoms with Crippen molar-refractivity contribution in [2.24, 2.45) is 12.1 Å². The molecule has 0 atom stereocenters. The molecule has 28 heavy (non-hydrogen) atoms. The number of benzene rings is 1. The van der Waals surface area contributed by atoms with E-state index in [0.29, 0.717) is 18.0 Å². The molecule has 0 saturated heterocycles. The average Bonchev–Trinajstić information content (AvgIpc) is 3.04. The van der Waals surface area contributed by atoms with Gasteiger partial charge in [0.15, 0.2) is 11.2 Å². The van der Waals surface area contributed by atoms with Crippen molar-refractivity contribution in [1.29, 1.82) is 0 Å². The van der Waals surface area contributed by atoms with Crippen LogP contribution >= 0.6 is 15.9 Å². The Labute approximate surface area is 169 Å². The van der Waals surface area contributed by atoms with Crippen molar-refractivity contribution >= 4 is 45.3 Å². The number of halogens is 1. The van der Waals surface area contributed by atoms with Crippen molar-refractivity contribution in [1.82, 2.24) is 19.1 Å². The fraction of sp³-hybridized carbons (Fsp3) is 0.158. The summed E-state index contributed by atoms with van der Waals surface area (Å²) in [4.78, 5) is 30.8. The molecule has 2 aromatic heterocycles. The molecule has 0 aliphatic heterocycles. The Morgan fingerprint density at radius 1 is 1.32 bits per heavy atom. The predicted molar refractivity (Wildman–Crippen MR) is 116 cm³/mol. The molecular formula is C19H19BrN6O2. The summed E-state index contributed by atoms with van der Waals surface area (Å²) in [5.74, 6) is 0.357. The maximum atomic E-state index is 12.3. The van der Waals surface area contributed by atoms with E-state index in [2.05, 4.69) is 36.4 Å². The zero-order valence-electron chi connectivity index (χ0n) is 15.4. The van der Waals surface area contributed by atoms with Crippen molar-refractivity contribution in [2.45, 2.75) is 13.5 Å². The highest BCUT2D eigenvalue weighted by molar-refractivity contribution is 9.12. The van der Waals surface area contributed by atoms with Gasteiger partial charge in [-0.05, 0) is 34.5 Å². The first kappa shape index (κ1) is 19.6. The summed E-state index contributed by atoms with van der Waals surface area (Å²) in [6.07, 6.45) is 7.26. The van der Waals surface area contributed by atoms with E-state index < -0.39 is 11.2 Å². The van der Waals surface area contributed by atoms with Crippen LogP contribution in [0.15, 0.2) is 61.7 Å². The van der Waals surface area contributed by atoms with Crippen LogP contribution in [-0.2, 0) is 13.6 Å². The second kappa shape index (κ2) is 8.66. The Morgan fingerprint density at radius 3 is 2.79 bits per heavy atom. The van der Waals surface area contributed by atoms with Gasteiger partial charge in [-0.2, -0.15) is 10.1 Å². The smallest absolute Gasteiger partial charge is 0.299 e. The van der Waals surface area contributed by atoms with E-state index in [9.17, 15) is 9.59 Å². The Kier molecular flexibility index (Phi) is 6.05. The van der Waals surface area contributed by atoms with E-state index in [1.807, 2.05) is 55.5 Å². The molecule has 9 heteroatoms. The number of aromatic amines is 1. The number of H-pyrrole nitrogens is 1. The molecular weight excluding hydrogens is 424 g/mol. The molecule has 144 valence electrons. The summed E-state index contributed by atoms with van der Waals surface area (Å²) in [7, 11) is 1.56. The number of nitrogens with zero attached hydrogens (tertiary/aromatic N) is 4. The molecule has 0 spiro atoms. The fourth-order valence-corrected chi connectivity index (χ4v) is 2.97. The monoisotopic (exact) mass is 442 g/mol. The van der Waals surface area contributed by atoms with Crippen molar-refractivity contribution in [3.05, 3.63) is 73.4 Å². The third kappa shape index (κ3) is 4.20. The molecule has 1 aromatic carbocycles. The number of rotatable bonds is 6. The standard InChI is InChI=1S/C19H19BrN6O2/c1-3-4-10-26-15-16(25(2)19(28)23-17(15)27)22-18(26)24-21-12-14(20)11-13-8-6-5-7-9-13/h3-9,11-12H,10H2,1-2H3,(H,22,24)(H,23,27,28)/b4-3+,14-11+,21-12-. The van der Waals surface area contributed by atoms with Crippen LogP contribution in [0.5, 0.6) is 0 Å². The number of fused-ring (bicyclic) bond motifs is 1. The number of hydrazone groups is 1. The maximum absolute atomic E-state index is 12.3. The van der Waals surface area contributed by atoms with Crippen LogP contribution in [0.4, 0.5) is 5.95 Å². The summed E-state index contributed by atoms with van der Waals surface area (Å²) >= 11 is 3.45. The van der Waals surface area contributed by atoms with Crippen LogP contribution < -0.4 is 16.7 Å². The van der Waals surface area contributed by atoms with E-state index in [0.717, 1.165) is 10.0 Å².